The van der Waals surface area contributed by atoms with Crippen LogP contribution in [0, 0.1) is 10.1 Å². The maximum absolute atomic E-state index is 12.8. The average molecular weight is 393 g/mol. The standard InChI is InChI=1S/C17H19N3O6S/c1-3-10-18-17(21)13-6-4-5-7-14(13)19-27(24,25)16-11-12(20(22)23)8-9-15(16)26-2/h4-9,11,19H,3,10H2,1-2H3,(H,18,21). The molecule has 2 aromatic rings. The number of carbonyl (C=O) groups is 1. The summed E-state index contributed by atoms with van der Waals surface area (Å²) in [6.07, 6.45) is 0.727. The van der Waals surface area contributed by atoms with Gasteiger partial charge in [-0.15, -0.1) is 0 Å². The van der Waals surface area contributed by atoms with E-state index >= 15 is 0 Å². The minimum atomic E-state index is -4.25. The van der Waals surface area contributed by atoms with Crippen molar-refractivity contribution in [2.45, 2.75) is 18.2 Å². The van der Waals surface area contributed by atoms with Crippen LogP contribution in [0.4, 0.5) is 11.4 Å². The zero-order chi connectivity index (χ0) is 20.0. The average Bonchev–Trinajstić information content (AvgIpc) is 2.65. The van der Waals surface area contributed by atoms with Crippen LogP contribution in [-0.2, 0) is 10.0 Å². The molecule has 2 N–H and O–H groups in total. The van der Waals surface area contributed by atoms with Crippen molar-refractivity contribution in [2.75, 3.05) is 18.4 Å². The zero-order valence-electron chi connectivity index (χ0n) is 14.8. The highest BCUT2D eigenvalue weighted by Crippen LogP contribution is 2.30. The Morgan fingerprint density at radius 3 is 2.56 bits per heavy atom. The number of methoxy groups -OCH3 is 1. The number of non-ortho nitro benzene ring substituents is 1. The Labute approximate surface area is 156 Å². The highest BCUT2D eigenvalue weighted by molar-refractivity contribution is 7.92. The molecule has 0 unspecified atom stereocenters. The normalized spacial score (nSPS) is 10.9. The van der Waals surface area contributed by atoms with Crippen molar-refractivity contribution in [2.24, 2.45) is 0 Å². The number of hydrogen-bond donors (Lipinski definition) is 2. The lowest BCUT2D eigenvalue weighted by molar-refractivity contribution is -0.385. The Morgan fingerprint density at radius 2 is 1.93 bits per heavy atom. The molecule has 0 aliphatic rings. The van der Waals surface area contributed by atoms with Gasteiger partial charge in [-0.3, -0.25) is 19.6 Å². The third-order valence-corrected chi connectivity index (χ3v) is 4.99. The van der Waals surface area contributed by atoms with Gasteiger partial charge in [-0.25, -0.2) is 8.42 Å². The van der Waals surface area contributed by atoms with E-state index in [-0.39, 0.29) is 17.0 Å². The smallest absolute Gasteiger partial charge is 0.271 e. The lowest BCUT2D eigenvalue weighted by Gasteiger charge is -2.14. The Hall–Kier alpha value is -3.14. The van der Waals surface area contributed by atoms with Gasteiger partial charge in [0, 0.05) is 18.7 Å². The number of ether oxygens (including phenoxy) is 1. The molecule has 10 heteroatoms. The number of nitro groups is 1. The highest BCUT2D eigenvalue weighted by atomic mass is 32.2. The Kier molecular flexibility index (Phi) is 6.35. The summed E-state index contributed by atoms with van der Waals surface area (Å²) in [6.45, 7) is 2.34. The molecule has 0 heterocycles. The lowest BCUT2D eigenvalue weighted by Crippen LogP contribution is -2.26. The minimum absolute atomic E-state index is 0.0546. The first-order chi connectivity index (χ1) is 12.8. The van der Waals surface area contributed by atoms with E-state index in [1.54, 1.807) is 12.1 Å². The molecule has 1 amide bonds. The number of benzene rings is 2. The topological polar surface area (TPSA) is 128 Å². The Bertz CT molecular complexity index is 959. The second-order valence-corrected chi connectivity index (χ2v) is 7.15. The summed E-state index contributed by atoms with van der Waals surface area (Å²) in [5.41, 5.74) is -0.205. The van der Waals surface area contributed by atoms with Crippen molar-refractivity contribution < 1.29 is 22.9 Å². The first-order valence-electron chi connectivity index (χ1n) is 8.02. The summed E-state index contributed by atoms with van der Waals surface area (Å²) >= 11 is 0. The fourth-order valence-electron chi connectivity index (χ4n) is 2.29. The molecule has 2 aromatic carbocycles. The van der Waals surface area contributed by atoms with Crippen LogP contribution in [0.5, 0.6) is 5.75 Å². The van der Waals surface area contributed by atoms with Crippen molar-refractivity contribution >= 4 is 27.3 Å². The SMILES string of the molecule is CCCNC(=O)c1ccccc1NS(=O)(=O)c1cc([N+](=O)[O-])ccc1OC. The molecule has 144 valence electrons. The monoisotopic (exact) mass is 393 g/mol. The molecule has 0 aliphatic heterocycles. The maximum atomic E-state index is 12.8. The minimum Gasteiger partial charge on any atom is -0.495 e. The van der Waals surface area contributed by atoms with Crippen LogP contribution in [0.25, 0.3) is 0 Å². The largest absolute Gasteiger partial charge is 0.495 e. The van der Waals surface area contributed by atoms with Crippen LogP contribution in [0.2, 0.25) is 0 Å². The fourth-order valence-corrected chi connectivity index (χ4v) is 3.56. The zero-order valence-corrected chi connectivity index (χ0v) is 15.6. The molecule has 27 heavy (non-hydrogen) atoms. The number of nitro benzene ring substituents is 1. The van der Waals surface area contributed by atoms with Crippen molar-refractivity contribution in [1.29, 1.82) is 0 Å². The van der Waals surface area contributed by atoms with Crippen molar-refractivity contribution in [3.63, 3.8) is 0 Å². The van der Waals surface area contributed by atoms with Crippen LogP contribution < -0.4 is 14.8 Å². The molecule has 2 rings (SSSR count). The summed E-state index contributed by atoms with van der Waals surface area (Å²) in [5, 5.41) is 13.7. The highest BCUT2D eigenvalue weighted by Gasteiger charge is 2.25. The van der Waals surface area contributed by atoms with Crippen molar-refractivity contribution in [3.05, 3.63) is 58.1 Å². The molecule has 0 aliphatic carbocycles. The van der Waals surface area contributed by atoms with Crippen molar-refractivity contribution in [1.82, 2.24) is 5.32 Å². The maximum Gasteiger partial charge on any atom is 0.271 e. The third-order valence-electron chi connectivity index (χ3n) is 3.60. The molecule has 9 nitrogen and oxygen atoms in total. The van der Waals surface area contributed by atoms with Crippen molar-refractivity contribution in [3.8, 4) is 5.75 Å². The van der Waals surface area contributed by atoms with Gasteiger partial charge in [-0.2, -0.15) is 0 Å². The van der Waals surface area contributed by atoms with Gasteiger partial charge < -0.3 is 10.1 Å². The number of para-hydroxylation sites is 1. The van der Waals surface area contributed by atoms with E-state index in [9.17, 15) is 23.3 Å². The molecular formula is C17H19N3O6S. The number of nitrogens with zero attached hydrogens (tertiary/aromatic N) is 1. The number of nitrogens with one attached hydrogen (secondary N) is 2. The van der Waals surface area contributed by atoms with E-state index in [1.807, 2.05) is 6.92 Å². The molecule has 0 saturated carbocycles. The van der Waals surface area contributed by atoms with Gasteiger partial charge in [-0.05, 0) is 24.6 Å². The van der Waals surface area contributed by atoms with Gasteiger partial charge in [0.1, 0.15) is 10.6 Å². The number of rotatable bonds is 8. The molecule has 0 saturated heterocycles. The van der Waals surface area contributed by atoms with Crippen LogP contribution in [-0.4, -0.2) is 32.9 Å². The first-order valence-corrected chi connectivity index (χ1v) is 9.51. The van der Waals surface area contributed by atoms with Crippen LogP contribution in [0.1, 0.15) is 23.7 Å². The van der Waals surface area contributed by atoms with Gasteiger partial charge >= 0.3 is 0 Å². The van der Waals surface area contributed by atoms with Crippen LogP contribution in [0.3, 0.4) is 0 Å². The van der Waals surface area contributed by atoms with E-state index in [0.29, 0.717) is 6.54 Å². The van der Waals surface area contributed by atoms with E-state index in [0.717, 1.165) is 18.6 Å². The quantitative estimate of drug-likeness (QED) is 0.524. The summed E-state index contributed by atoms with van der Waals surface area (Å²) in [7, 11) is -2.99. The van der Waals surface area contributed by atoms with E-state index in [4.69, 9.17) is 4.74 Å². The molecule has 0 spiro atoms. The summed E-state index contributed by atoms with van der Waals surface area (Å²) < 4.78 is 32.9. The fraction of sp³-hybridized carbons (Fsp3) is 0.235. The number of anilines is 1. The summed E-state index contributed by atoms with van der Waals surface area (Å²) in [5.74, 6) is -0.484. The van der Waals surface area contributed by atoms with Gasteiger partial charge in [0.2, 0.25) is 0 Å². The van der Waals surface area contributed by atoms with Gasteiger partial charge in [0.25, 0.3) is 21.6 Å². The predicted molar refractivity (Wildman–Crippen MR) is 99.5 cm³/mol. The molecule has 0 fully saturated rings. The number of hydrogen-bond acceptors (Lipinski definition) is 6. The summed E-state index contributed by atoms with van der Waals surface area (Å²) in [4.78, 5) is 22.1. The number of amides is 1. The first kappa shape index (κ1) is 20.2. The van der Waals surface area contributed by atoms with E-state index in [2.05, 4.69) is 10.0 Å². The van der Waals surface area contributed by atoms with Gasteiger partial charge in [0.15, 0.2) is 0 Å². The van der Waals surface area contributed by atoms with Gasteiger partial charge in [-0.1, -0.05) is 19.1 Å². The van der Waals surface area contributed by atoms with Crippen LogP contribution in [0.15, 0.2) is 47.4 Å². The molecule has 0 atom stereocenters. The number of sulfonamides is 1. The predicted octanol–water partition coefficient (Wildman–Crippen LogP) is 2.54. The number of carbonyl (C=O) groups excluding carboxylic acids is 1. The Balaban J connectivity index is 2.45. The second-order valence-electron chi connectivity index (χ2n) is 5.50. The molecule has 0 aromatic heterocycles. The van der Waals surface area contributed by atoms with Crippen LogP contribution >= 0.6 is 0 Å². The second kappa shape index (κ2) is 8.49. The summed E-state index contributed by atoms with van der Waals surface area (Å²) in [6, 6.07) is 9.33. The molecule has 0 radical (unpaired) electrons. The molecule has 0 bridgehead atoms. The van der Waals surface area contributed by atoms with Gasteiger partial charge in [0.05, 0.1) is 23.3 Å². The van der Waals surface area contributed by atoms with E-state index in [1.165, 1.54) is 25.3 Å². The Morgan fingerprint density at radius 1 is 1.22 bits per heavy atom. The van der Waals surface area contributed by atoms with E-state index < -0.39 is 31.4 Å². The third kappa shape index (κ3) is 4.73. The molecular weight excluding hydrogens is 374 g/mol. The lowest BCUT2D eigenvalue weighted by atomic mass is 10.1.